The smallest absolute Gasteiger partial charge is 0.399 e. The Bertz CT molecular complexity index is 1260. The number of ether oxygens (including phenoxy) is 1. The molecule has 36 heavy (non-hydrogen) atoms. The van der Waals surface area contributed by atoms with E-state index < -0.39 is 6.09 Å². The number of aromatic nitrogens is 1. The number of nitrogens with zero attached hydrogens (tertiary/aromatic N) is 3. The van der Waals surface area contributed by atoms with Crippen LogP contribution in [-0.2, 0) is 22.4 Å². The minimum Gasteiger partial charge on any atom is -0.399 e. The second-order valence-corrected chi connectivity index (χ2v) is 10.4. The number of rotatable bonds is 7. The number of quaternary nitrogens is 1. The maximum absolute atomic E-state index is 12.1. The highest BCUT2D eigenvalue weighted by Gasteiger charge is 2.35. The fraction of sp³-hybridized carbons (Fsp3) is 0.385. The van der Waals surface area contributed by atoms with Gasteiger partial charge in [-0.25, -0.2) is 4.79 Å². The molecule has 0 atom stereocenters. The second-order valence-electron chi connectivity index (χ2n) is 9.17. The van der Waals surface area contributed by atoms with Gasteiger partial charge in [0.05, 0.1) is 43.8 Å². The molecule has 8 nitrogen and oxygen atoms in total. The maximum Gasteiger partial charge on any atom is 0.411 e. The normalized spacial score (nSPS) is 16.3. The molecule has 2 aliphatic heterocycles. The third-order valence-electron chi connectivity index (χ3n) is 6.89. The van der Waals surface area contributed by atoms with E-state index in [0.29, 0.717) is 29.2 Å². The zero-order valence-corrected chi connectivity index (χ0v) is 22.3. The van der Waals surface area contributed by atoms with Crippen LogP contribution in [0, 0.1) is 7.43 Å². The van der Waals surface area contributed by atoms with E-state index in [1.54, 1.807) is 0 Å². The van der Waals surface area contributed by atoms with Crippen molar-refractivity contribution in [2.75, 3.05) is 56.2 Å². The maximum atomic E-state index is 12.1. The lowest BCUT2D eigenvalue weighted by molar-refractivity contribution is -0.943. The third-order valence-corrected chi connectivity index (χ3v) is 8.06. The Morgan fingerprint density at radius 2 is 2.06 bits per heavy atom. The van der Waals surface area contributed by atoms with Crippen LogP contribution in [-0.4, -0.2) is 66.9 Å². The van der Waals surface area contributed by atoms with Crippen molar-refractivity contribution >= 4 is 56.7 Å². The van der Waals surface area contributed by atoms with Crippen LogP contribution in [0.4, 0.5) is 16.3 Å². The van der Waals surface area contributed by atoms with Gasteiger partial charge in [-0.1, -0.05) is 29.8 Å². The summed E-state index contributed by atoms with van der Waals surface area (Å²) in [4.78, 5) is 26.2. The minimum absolute atomic E-state index is 0. The number of hydrogen-bond donors (Lipinski definition) is 2. The summed E-state index contributed by atoms with van der Waals surface area (Å²) in [6.07, 6.45) is 0.729. The molecule has 0 saturated carbocycles. The number of halogens is 1. The van der Waals surface area contributed by atoms with E-state index in [-0.39, 0.29) is 13.3 Å². The van der Waals surface area contributed by atoms with Gasteiger partial charge in [-0.3, -0.25) is 9.28 Å². The van der Waals surface area contributed by atoms with Crippen molar-refractivity contribution in [3.8, 4) is 0 Å². The summed E-state index contributed by atoms with van der Waals surface area (Å²) in [7, 11) is 0. The Morgan fingerprint density at radius 3 is 2.83 bits per heavy atom. The Hall–Kier alpha value is -2.88. The van der Waals surface area contributed by atoms with Crippen LogP contribution < -0.4 is 15.5 Å². The van der Waals surface area contributed by atoms with Crippen LogP contribution in [0.15, 0.2) is 36.4 Å². The van der Waals surface area contributed by atoms with Crippen LogP contribution in [0.5, 0.6) is 0 Å². The third kappa shape index (κ3) is 5.43. The summed E-state index contributed by atoms with van der Waals surface area (Å²) < 4.78 is 12.2. The predicted octanol–water partition coefficient (Wildman–Crippen LogP) is 4.48. The minimum atomic E-state index is -0.391. The van der Waals surface area contributed by atoms with Crippen LogP contribution in [0.2, 0.25) is 5.02 Å². The summed E-state index contributed by atoms with van der Waals surface area (Å²) in [6, 6.07) is 12.2. The van der Waals surface area contributed by atoms with E-state index in [4.69, 9.17) is 20.7 Å². The van der Waals surface area contributed by atoms with Gasteiger partial charge in [-0.2, -0.15) is 4.37 Å². The van der Waals surface area contributed by atoms with E-state index in [9.17, 15) is 9.59 Å². The first-order chi connectivity index (χ1) is 17.0. The molecule has 2 aliphatic rings. The zero-order chi connectivity index (χ0) is 24.4. The molecule has 5 rings (SSSR count). The standard InChI is InChI=1S/C25H28ClN5O3S.CH3/c1-2-27-25(33)34-16-31(10-7-17-13-18-14-23(32)28-21(18)15-20(17)26)11-8-30(9-12-31)24-19-5-3-4-6-22(19)35-29-24;/h3-6,13,15H,2,7-12,14,16H2,1H3,(H-,27,28,32,33);1H3/q;-1/p+1. The highest BCUT2D eigenvalue weighted by Crippen LogP contribution is 2.32. The molecule has 0 radical (unpaired) electrons. The van der Waals surface area contributed by atoms with E-state index in [0.717, 1.165) is 61.8 Å². The zero-order valence-electron chi connectivity index (χ0n) is 20.7. The van der Waals surface area contributed by atoms with Crippen molar-refractivity contribution in [2.45, 2.75) is 19.8 Å². The van der Waals surface area contributed by atoms with Crippen molar-refractivity contribution in [1.29, 1.82) is 0 Å². The number of fused-ring (bicyclic) bond motifs is 2. The average molecular weight is 530 g/mol. The van der Waals surface area contributed by atoms with Crippen LogP contribution in [0.25, 0.3) is 10.1 Å². The lowest BCUT2D eigenvalue weighted by Gasteiger charge is -2.44. The Kier molecular flexibility index (Phi) is 8.02. The van der Waals surface area contributed by atoms with Gasteiger partial charge >= 0.3 is 6.09 Å². The predicted molar refractivity (Wildman–Crippen MR) is 146 cm³/mol. The van der Waals surface area contributed by atoms with Gasteiger partial charge in [0.25, 0.3) is 0 Å². The summed E-state index contributed by atoms with van der Waals surface area (Å²) in [6.45, 7) is 6.79. The number of anilines is 2. The first-order valence-corrected chi connectivity index (χ1v) is 13.1. The lowest BCUT2D eigenvalue weighted by atomic mass is 10.0. The summed E-state index contributed by atoms with van der Waals surface area (Å²) in [5.41, 5.74) is 2.81. The Balaban J connectivity index is 0.00000304. The summed E-state index contributed by atoms with van der Waals surface area (Å²) in [5.74, 6) is 1.03. The van der Waals surface area contributed by atoms with E-state index >= 15 is 0 Å². The van der Waals surface area contributed by atoms with Gasteiger partial charge in [0.1, 0.15) is 0 Å². The van der Waals surface area contributed by atoms with Gasteiger partial charge in [-0.15, -0.1) is 0 Å². The number of amides is 2. The quantitative estimate of drug-likeness (QED) is 0.348. The van der Waals surface area contributed by atoms with Crippen LogP contribution in [0.3, 0.4) is 0 Å². The number of nitrogens with one attached hydrogen (secondary N) is 2. The summed E-state index contributed by atoms with van der Waals surface area (Å²) in [5, 5.41) is 7.41. The number of carbonyl (C=O) groups is 2. The van der Waals surface area contributed by atoms with Gasteiger partial charge in [0.15, 0.2) is 5.82 Å². The SMILES string of the molecule is CCNC(=O)OC[N+]1(CCc2cc3c(cc2Cl)NC(=O)C3)CCN(c2nsc3ccccc23)CC1.[CH3-]. The van der Waals surface area contributed by atoms with Crippen LogP contribution >= 0.6 is 23.1 Å². The fourth-order valence-electron chi connectivity index (χ4n) is 4.86. The first-order valence-electron chi connectivity index (χ1n) is 11.9. The van der Waals surface area contributed by atoms with Crippen molar-refractivity contribution in [3.05, 3.63) is 60.0 Å². The number of piperazine rings is 1. The number of alkyl carbamates (subject to hydrolysis) is 1. The van der Waals surface area contributed by atoms with Gasteiger partial charge in [-0.05, 0) is 47.8 Å². The Morgan fingerprint density at radius 1 is 1.28 bits per heavy atom. The molecule has 192 valence electrons. The molecule has 2 N–H and O–H groups in total. The van der Waals surface area contributed by atoms with E-state index in [1.807, 2.05) is 31.2 Å². The van der Waals surface area contributed by atoms with Crippen molar-refractivity contribution in [1.82, 2.24) is 9.69 Å². The van der Waals surface area contributed by atoms with Crippen molar-refractivity contribution in [3.63, 3.8) is 0 Å². The lowest BCUT2D eigenvalue weighted by Crippen LogP contribution is -2.61. The van der Waals surface area contributed by atoms with Crippen molar-refractivity contribution in [2.24, 2.45) is 0 Å². The Labute approximate surface area is 220 Å². The highest BCUT2D eigenvalue weighted by atomic mass is 35.5. The highest BCUT2D eigenvalue weighted by molar-refractivity contribution is 7.13. The molecular weight excluding hydrogens is 498 g/mol. The molecule has 1 fully saturated rings. The second kappa shape index (κ2) is 11.0. The molecule has 0 unspecified atom stereocenters. The largest absolute Gasteiger partial charge is 0.411 e. The topological polar surface area (TPSA) is 83.6 Å². The molecule has 0 spiro atoms. The number of carbonyl (C=O) groups excluding carboxylic acids is 2. The van der Waals surface area contributed by atoms with Gasteiger partial charge in [0.2, 0.25) is 12.6 Å². The molecule has 0 bridgehead atoms. The van der Waals surface area contributed by atoms with E-state index in [1.165, 1.54) is 21.6 Å². The van der Waals surface area contributed by atoms with Crippen LogP contribution in [0.1, 0.15) is 18.1 Å². The first kappa shape index (κ1) is 26.2. The molecular formula is C26H32ClN5O3S. The molecule has 10 heteroatoms. The monoisotopic (exact) mass is 529 g/mol. The molecule has 2 amide bonds. The molecule has 2 aromatic carbocycles. The average Bonchev–Trinajstić information content (AvgIpc) is 3.44. The fourth-order valence-corrected chi connectivity index (χ4v) is 5.91. The van der Waals surface area contributed by atoms with Gasteiger partial charge in [0, 0.05) is 29.1 Å². The van der Waals surface area contributed by atoms with Gasteiger partial charge < -0.3 is 27.7 Å². The molecule has 3 aromatic rings. The number of hydrogen-bond acceptors (Lipinski definition) is 6. The van der Waals surface area contributed by atoms with E-state index in [2.05, 4.69) is 27.7 Å². The molecule has 1 saturated heterocycles. The molecule has 1 aromatic heterocycles. The number of benzene rings is 2. The molecule has 0 aliphatic carbocycles. The van der Waals surface area contributed by atoms with Crippen molar-refractivity contribution < 1.29 is 18.8 Å². The molecule has 3 heterocycles. The summed E-state index contributed by atoms with van der Waals surface area (Å²) >= 11 is 8.09.